The van der Waals surface area contributed by atoms with Gasteiger partial charge in [-0.15, -0.1) is 5.10 Å². The molecule has 130 valence electrons. The van der Waals surface area contributed by atoms with Crippen molar-refractivity contribution in [2.45, 2.75) is 19.0 Å². The molecule has 0 spiro atoms. The number of hydrogen-bond acceptors (Lipinski definition) is 4. The summed E-state index contributed by atoms with van der Waals surface area (Å²) in [6, 6.07) is 12.4. The van der Waals surface area contributed by atoms with Gasteiger partial charge in [0.25, 0.3) is 15.2 Å². The molecule has 0 aliphatic rings. The van der Waals surface area contributed by atoms with Crippen molar-refractivity contribution >= 4 is 38.9 Å². The summed E-state index contributed by atoms with van der Waals surface area (Å²) in [6.45, 7) is 3.43. The van der Waals surface area contributed by atoms with Gasteiger partial charge in [-0.05, 0) is 37.6 Å². The first-order valence-corrected chi connectivity index (χ1v) is 9.50. The molecule has 25 heavy (non-hydrogen) atoms. The van der Waals surface area contributed by atoms with Crippen molar-refractivity contribution in [1.29, 1.82) is 0 Å². The Hall–Kier alpha value is -2.09. The summed E-state index contributed by atoms with van der Waals surface area (Å²) in [5.74, 6) is 0.438. The van der Waals surface area contributed by atoms with Crippen LogP contribution in [0.15, 0.2) is 47.6 Å². The van der Waals surface area contributed by atoms with Gasteiger partial charge >= 0.3 is 0 Å². The van der Waals surface area contributed by atoms with Gasteiger partial charge in [0.2, 0.25) is 0 Å². The Morgan fingerprint density at radius 3 is 2.40 bits per heavy atom. The average molecular weight is 397 g/mol. The zero-order valence-corrected chi connectivity index (χ0v) is 15.7. The molecule has 0 amide bonds. The van der Waals surface area contributed by atoms with Gasteiger partial charge in [0.15, 0.2) is 0 Å². The normalized spacial score (nSPS) is 11.5. The Morgan fingerprint density at radius 2 is 1.72 bits per heavy atom. The standard InChI is InChI=1S/C16H14Cl2N4O2S/c1-10-8-9-13(17)15(14(10)18)21-25(23,24)16-19-11(2)22(20-16)12-6-4-3-5-7-12/h3-9,21H,1-2H3. The van der Waals surface area contributed by atoms with Gasteiger partial charge < -0.3 is 0 Å². The fourth-order valence-electron chi connectivity index (χ4n) is 2.22. The lowest BCUT2D eigenvalue weighted by molar-refractivity contribution is 0.591. The number of nitrogens with zero attached hydrogens (tertiary/aromatic N) is 3. The third kappa shape index (κ3) is 3.49. The van der Waals surface area contributed by atoms with Crippen molar-refractivity contribution in [2.24, 2.45) is 0 Å². The smallest absolute Gasteiger partial charge is 0.274 e. The minimum absolute atomic E-state index is 0.108. The molecule has 0 saturated carbocycles. The molecule has 0 aliphatic heterocycles. The lowest BCUT2D eigenvalue weighted by Gasteiger charge is -2.10. The number of halogens is 2. The molecule has 0 atom stereocenters. The molecule has 0 bridgehead atoms. The van der Waals surface area contributed by atoms with E-state index in [1.807, 2.05) is 18.2 Å². The zero-order valence-electron chi connectivity index (χ0n) is 13.4. The molecule has 0 aliphatic carbocycles. The minimum Gasteiger partial charge on any atom is -0.274 e. The summed E-state index contributed by atoms with van der Waals surface area (Å²) >= 11 is 12.2. The second-order valence-corrected chi connectivity index (χ2v) is 7.71. The molecule has 1 N–H and O–H groups in total. The molecular formula is C16H14Cl2N4O2S. The number of rotatable bonds is 4. The molecule has 0 saturated heterocycles. The quantitative estimate of drug-likeness (QED) is 0.722. The second-order valence-electron chi connectivity index (χ2n) is 5.35. The van der Waals surface area contributed by atoms with E-state index in [9.17, 15) is 8.42 Å². The Morgan fingerprint density at radius 1 is 1.04 bits per heavy atom. The van der Waals surface area contributed by atoms with E-state index in [4.69, 9.17) is 23.2 Å². The Bertz CT molecular complexity index is 1030. The first kappa shape index (κ1) is 17.7. The van der Waals surface area contributed by atoms with Crippen LogP contribution in [0.1, 0.15) is 11.4 Å². The van der Waals surface area contributed by atoms with E-state index in [1.165, 1.54) is 4.68 Å². The van der Waals surface area contributed by atoms with Gasteiger partial charge in [0, 0.05) is 0 Å². The molecule has 3 aromatic rings. The highest BCUT2D eigenvalue weighted by Gasteiger charge is 2.24. The molecule has 6 nitrogen and oxygen atoms in total. The summed E-state index contributed by atoms with van der Waals surface area (Å²) in [5.41, 5.74) is 1.51. The van der Waals surface area contributed by atoms with Crippen LogP contribution in [0.25, 0.3) is 5.69 Å². The Balaban J connectivity index is 2.01. The monoisotopic (exact) mass is 396 g/mol. The summed E-state index contributed by atoms with van der Waals surface area (Å²) < 4.78 is 29.1. The van der Waals surface area contributed by atoms with E-state index in [-0.39, 0.29) is 20.9 Å². The molecule has 1 aromatic heterocycles. The maximum absolute atomic E-state index is 12.6. The van der Waals surface area contributed by atoms with Gasteiger partial charge in [0.05, 0.1) is 21.4 Å². The summed E-state index contributed by atoms with van der Waals surface area (Å²) in [6.07, 6.45) is 0. The number of aryl methyl sites for hydroxylation is 2. The third-order valence-electron chi connectivity index (χ3n) is 3.51. The molecule has 2 aromatic carbocycles. The van der Waals surface area contributed by atoms with Crippen molar-refractivity contribution in [3.05, 3.63) is 63.9 Å². The van der Waals surface area contributed by atoms with Crippen LogP contribution in [0.2, 0.25) is 10.0 Å². The van der Waals surface area contributed by atoms with Crippen molar-refractivity contribution in [3.63, 3.8) is 0 Å². The predicted molar refractivity (Wildman–Crippen MR) is 98.1 cm³/mol. The first-order chi connectivity index (χ1) is 11.8. The molecule has 0 radical (unpaired) electrons. The molecule has 1 heterocycles. The average Bonchev–Trinajstić information content (AvgIpc) is 2.99. The molecule has 0 fully saturated rings. The number of hydrogen-bond donors (Lipinski definition) is 1. The van der Waals surface area contributed by atoms with Gasteiger partial charge in [0.1, 0.15) is 5.82 Å². The van der Waals surface area contributed by atoms with E-state index in [0.29, 0.717) is 17.1 Å². The summed E-state index contributed by atoms with van der Waals surface area (Å²) in [7, 11) is -4.05. The first-order valence-electron chi connectivity index (χ1n) is 7.26. The number of benzene rings is 2. The highest BCUT2D eigenvalue weighted by Crippen LogP contribution is 2.34. The van der Waals surface area contributed by atoms with Crippen molar-refractivity contribution < 1.29 is 8.42 Å². The number of nitrogens with one attached hydrogen (secondary N) is 1. The van der Waals surface area contributed by atoms with Crippen LogP contribution in [0.5, 0.6) is 0 Å². The van der Waals surface area contributed by atoms with Crippen LogP contribution in [0.3, 0.4) is 0 Å². The molecule has 9 heteroatoms. The van der Waals surface area contributed by atoms with Crippen molar-refractivity contribution in [2.75, 3.05) is 4.72 Å². The van der Waals surface area contributed by atoms with Gasteiger partial charge in [-0.3, -0.25) is 4.72 Å². The highest BCUT2D eigenvalue weighted by atomic mass is 35.5. The van der Waals surface area contributed by atoms with Crippen LogP contribution >= 0.6 is 23.2 Å². The lowest BCUT2D eigenvalue weighted by Crippen LogP contribution is -2.16. The van der Waals surface area contributed by atoms with Crippen LogP contribution in [0, 0.1) is 13.8 Å². The van der Waals surface area contributed by atoms with Crippen molar-refractivity contribution in [3.8, 4) is 5.69 Å². The number of para-hydroxylation sites is 1. The maximum atomic E-state index is 12.6. The highest BCUT2D eigenvalue weighted by molar-refractivity contribution is 7.92. The van der Waals surface area contributed by atoms with E-state index in [2.05, 4.69) is 14.8 Å². The van der Waals surface area contributed by atoms with E-state index >= 15 is 0 Å². The fraction of sp³-hybridized carbons (Fsp3) is 0.125. The van der Waals surface area contributed by atoms with Gasteiger partial charge in [-0.25, -0.2) is 9.67 Å². The number of anilines is 1. The van der Waals surface area contributed by atoms with E-state index in [0.717, 1.165) is 0 Å². The zero-order chi connectivity index (χ0) is 18.2. The van der Waals surface area contributed by atoms with Crippen LogP contribution in [0.4, 0.5) is 5.69 Å². The SMILES string of the molecule is Cc1ccc(Cl)c(NS(=O)(=O)c2nc(C)n(-c3ccccc3)n2)c1Cl. The topological polar surface area (TPSA) is 76.9 Å². The molecular weight excluding hydrogens is 383 g/mol. The molecule has 0 unspecified atom stereocenters. The van der Waals surface area contributed by atoms with Gasteiger partial charge in [-0.1, -0.05) is 47.5 Å². The third-order valence-corrected chi connectivity index (χ3v) is 5.44. The lowest BCUT2D eigenvalue weighted by atomic mass is 10.2. The van der Waals surface area contributed by atoms with Gasteiger partial charge in [-0.2, -0.15) is 8.42 Å². The minimum atomic E-state index is -4.05. The van der Waals surface area contributed by atoms with Crippen molar-refractivity contribution in [1.82, 2.24) is 14.8 Å². The largest absolute Gasteiger partial charge is 0.299 e. The molecule has 3 rings (SSSR count). The van der Waals surface area contributed by atoms with E-state index in [1.54, 1.807) is 38.1 Å². The fourth-order valence-corrected chi connectivity index (χ4v) is 3.81. The van der Waals surface area contributed by atoms with Crippen LogP contribution in [-0.4, -0.2) is 23.2 Å². The Labute approximate surface area is 155 Å². The predicted octanol–water partition coefficient (Wildman–Crippen LogP) is 3.99. The maximum Gasteiger partial charge on any atom is 0.299 e. The second kappa shape index (κ2) is 6.67. The Kier molecular flexibility index (Phi) is 4.73. The summed E-state index contributed by atoms with van der Waals surface area (Å²) in [5, 5.41) is 4.16. The number of sulfonamides is 1. The van der Waals surface area contributed by atoms with Crippen LogP contribution < -0.4 is 4.72 Å². The number of aromatic nitrogens is 3. The van der Waals surface area contributed by atoms with E-state index < -0.39 is 10.0 Å². The van der Waals surface area contributed by atoms with Crippen LogP contribution in [-0.2, 0) is 10.0 Å². The summed E-state index contributed by atoms with van der Waals surface area (Å²) in [4.78, 5) is 4.05.